The van der Waals surface area contributed by atoms with Crippen LogP contribution in [0, 0.1) is 0 Å². The Bertz CT molecular complexity index is 974. The van der Waals surface area contributed by atoms with Crippen molar-refractivity contribution in [3.8, 4) is 5.75 Å². The van der Waals surface area contributed by atoms with Crippen molar-refractivity contribution in [2.45, 2.75) is 37.8 Å². The lowest BCUT2D eigenvalue weighted by molar-refractivity contribution is -0.139. The van der Waals surface area contributed by atoms with Gasteiger partial charge in [0.2, 0.25) is 5.91 Å². The highest BCUT2D eigenvalue weighted by molar-refractivity contribution is 6.30. The number of piperazine rings is 1. The molecule has 10 heteroatoms. The molecule has 0 aromatic heterocycles. The summed E-state index contributed by atoms with van der Waals surface area (Å²) in [6, 6.07) is 13.2. The predicted molar refractivity (Wildman–Crippen MR) is 135 cm³/mol. The molecule has 0 atom stereocenters. The average molecular weight is 505 g/mol. The van der Waals surface area contributed by atoms with Crippen molar-refractivity contribution in [2.24, 2.45) is 0 Å². The van der Waals surface area contributed by atoms with Crippen molar-refractivity contribution in [2.75, 3.05) is 55.3 Å². The van der Waals surface area contributed by atoms with Crippen LogP contribution >= 0.6 is 11.6 Å². The van der Waals surface area contributed by atoms with Gasteiger partial charge in [0.15, 0.2) is 0 Å². The number of amides is 1. The van der Waals surface area contributed by atoms with Gasteiger partial charge >= 0.3 is 0 Å². The second-order valence-electron chi connectivity index (χ2n) is 8.95. The second-order valence-corrected chi connectivity index (χ2v) is 9.39. The lowest BCUT2D eigenvalue weighted by Gasteiger charge is -2.36. The number of rotatable bonds is 8. The van der Waals surface area contributed by atoms with E-state index in [4.69, 9.17) is 21.1 Å². The molecule has 0 bridgehead atoms. The summed E-state index contributed by atoms with van der Waals surface area (Å²) in [6.07, 6.45) is 3.70. The minimum atomic E-state index is 0.0476. The summed E-state index contributed by atoms with van der Waals surface area (Å²) in [5.74, 6) is 0.416. The van der Waals surface area contributed by atoms with Gasteiger partial charge in [-0.2, -0.15) is 0 Å². The summed E-state index contributed by atoms with van der Waals surface area (Å²) in [6.45, 7) is 3.10. The van der Waals surface area contributed by atoms with Crippen molar-refractivity contribution < 1.29 is 24.7 Å². The van der Waals surface area contributed by atoms with E-state index < -0.39 is 0 Å². The molecule has 3 N–H and O–H groups in total. The number of benzene rings is 2. The zero-order valence-electron chi connectivity index (χ0n) is 19.9. The number of nitrogens with one attached hydrogen (secondary N) is 1. The summed E-state index contributed by atoms with van der Waals surface area (Å²) >= 11 is 5.97. The van der Waals surface area contributed by atoms with Crippen LogP contribution in [0.15, 0.2) is 42.5 Å². The Hall–Kier alpha value is -2.72. The van der Waals surface area contributed by atoms with Crippen molar-refractivity contribution >= 4 is 34.6 Å². The van der Waals surface area contributed by atoms with Gasteiger partial charge in [0.05, 0.1) is 13.2 Å². The van der Waals surface area contributed by atoms with Crippen LogP contribution in [0.25, 0.3) is 0 Å². The Morgan fingerprint density at radius 3 is 2.37 bits per heavy atom. The van der Waals surface area contributed by atoms with Gasteiger partial charge < -0.3 is 24.6 Å². The van der Waals surface area contributed by atoms with E-state index in [1.165, 1.54) is 7.11 Å². The zero-order chi connectivity index (χ0) is 24.8. The van der Waals surface area contributed by atoms with E-state index in [-0.39, 0.29) is 35.6 Å². The van der Waals surface area contributed by atoms with E-state index in [1.54, 1.807) is 18.2 Å². The first kappa shape index (κ1) is 25.4. The molecule has 0 radical (unpaired) electrons. The number of anilines is 3. The molecule has 1 amide bonds. The van der Waals surface area contributed by atoms with Crippen LogP contribution < -0.4 is 20.2 Å². The molecule has 0 spiro atoms. The van der Waals surface area contributed by atoms with Crippen LogP contribution in [0.5, 0.6) is 5.75 Å². The number of hydrogen-bond acceptors (Lipinski definition) is 8. The Labute approximate surface area is 210 Å². The number of ether oxygens (including phenoxy) is 2. The zero-order valence-corrected chi connectivity index (χ0v) is 20.7. The van der Waals surface area contributed by atoms with E-state index in [2.05, 4.69) is 10.2 Å². The minimum Gasteiger partial charge on any atom is -0.494 e. The Morgan fingerprint density at radius 1 is 1.06 bits per heavy atom. The topological polar surface area (TPSA) is 97.7 Å². The van der Waals surface area contributed by atoms with Gasteiger partial charge in [0, 0.05) is 54.7 Å². The number of hydrogen-bond donors (Lipinski definition) is 3. The molecule has 0 unspecified atom stereocenters. The number of methoxy groups -OCH3 is 1. The van der Waals surface area contributed by atoms with Gasteiger partial charge in [-0.25, -0.2) is 0 Å². The number of nitrogens with zero attached hydrogens (tertiary/aromatic N) is 3. The molecule has 2 aromatic carbocycles. The standard InChI is InChI=1S/C25H33ClN4O5/c1-34-24-16-20(6-11-23(24)30(32)33)27-19-4-9-22(10-5-19)35-17-25(31)29-14-12-28(13-15-29)21-7-2-18(26)3-8-21/h2-3,6-8,11,16,19,22,27,32-33H,4-5,9-10,12-15,17H2,1H3. The number of halogens is 1. The van der Waals surface area contributed by atoms with Gasteiger partial charge in [0.25, 0.3) is 0 Å². The fourth-order valence-corrected chi connectivity index (χ4v) is 4.81. The van der Waals surface area contributed by atoms with E-state index in [1.807, 2.05) is 29.2 Å². The summed E-state index contributed by atoms with van der Waals surface area (Å²) < 4.78 is 11.2. The summed E-state index contributed by atoms with van der Waals surface area (Å²) in [5.41, 5.74) is 2.15. The minimum absolute atomic E-state index is 0.0476. The first-order chi connectivity index (χ1) is 16.9. The summed E-state index contributed by atoms with van der Waals surface area (Å²) in [7, 11) is 1.48. The molecule has 4 rings (SSSR count). The van der Waals surface area contributed by atoms with Gasteiger partial charge in [-0.05, 0) is 62.1 Å². The highest BCUT2D eigenvalue weighted by Crippen LogP contribution is 2.31. The van der Waals surface area contributed by atoms with Crippen LogP contribution in [0.2, 0.25) is 5.02 Å². The van der Waals surface area contributed by atoms with Crippen LogP contribution in [-0.2, 0) is 9.53 Å². The third-order valence-corrected chi connectivity index (χ3v) is 6.96. The van der Waals surface area contributed by atoms with Gasteiger partial charge in [-0.15, -0.1) is 5.23 Å². The second kappa shape index (κ2) is 11.8. The molecule has 2 fully saturated rings. The van der Waals surface area contributed by atoms with E-state index in [0.717, 1.165) is 55.2 Å². The van der Waals surface area contributed by atoms with Crippen molar-refractivity contribution in [1.82, 2.24) is 4.90 Å². The molecular weight excluding hydrogens is 472 g/mol. The molecule has 2 aliphatic rings. The molecule has 1 aliphatic heterocycles. The average Bonchev–Trinajstić information content (AvgIpc) is 2.88. The number of carbonyl (C=O) groups excluding carboxylic acids is 1. The molecule has 1 aliphatic carbocycles. The molecular formula is C25H33ClN4O5. The molecule has 1 saturated carbocycles. The predicted octanol–water partition coefficient (Wildman–Crippen LogP) is 4.02. The quantitative estimate of drug-likeness (QED) is 0.464. The maximum atomic E-state index is 12.7. The van der Waals surface area contributed by atoms with E-state index in [0.29, 0.717) is 18.8 Å². The first-order valence-electron chi connectivity index (χ1n) is 12.0. The Kier molecular flexibility index (Phi) is 8.56. The fourth-order valence-electron chi connectivity index (χ4n) is 4.69. The van der Waals surface area contributed by atoms with Gasteiger partial charge in [0.1, 0.15) is 18.0 Å². The summed E-state index contributed by atoms with van der Waals surface area (Å²) in [5, 5.41) is 22.8. The molecule has 1 saturated heterocycles. The van der Waals surface area contributed by atoms with E-state index >= 15 is 0 Å². The van der Waals surface area contributed by atoms with Crippen molar-refractivity contribution in [3.05, 3.63) is 47.5 Å². The van der Waals surface area contributed by atoms with Crippen molar-refractivity contribution in [1.29, 1.82) is 0 Å². The first-order valence-corrected chi connectivity index (χ1v) is 12.3. The molecule has 1 heterocycles. The lowest BCUT2D eigenvalue weighted by atomic mass is 9.92. The van der Waals surface area contributed by atoms with E-state index in [9.17, 15) is 15.2 Å². The third kappa shape index (κ3) is 6.70. The fraction of sp³-hybridized carbons (Fsp3) is 0.480. The maximum Gasteiger partial charge on any atom is 0.248 e. The highest BCUT2D eigenvalue weighted by atomic mass is 35.5. The SMILES string of the molecule is COc1cc(NC2CCC(OCC(=O)N3CCN(c4ccc(Cl)cc4)CC3)CC2)ccc1N(O)O. The van der Waals surface area contributed by atoms with Gasteiger partial charge in [-0.3, -0.25) is 15.2 Å². The lowest BCUT2D eigenvalue weighted by Crippen LogP contribution is -2.50. The highest BCUT2D eigenvalue weighted by Gasteiger charge is 2.25. The van der Waals surface area contributed by atoms with Crippen LogP contribution in [0.1, 0.15) is 25.7 Å². The maximum absolute atomic E-state index is 12.7. The smallest absolute Gasteiger partial charge is 0.248 e. The molecule has 35 heavy (non-hydrogen) atoms. The molecule has 2 aromatic rings. The Balaban J connectivity index is 1.17. The summed E-state index contributed by atoms with van der Waals surface area (Å²) in [4.78, 5) is 16.8. The van der Waals surface area contributed by atoms with Crippen LogP contribution in [0.4, 0.5) is 17.1 Å². The number of carbonyl (C=O) groups is 1. The normalized spacial score (nSPS) is 20.5. The molecule has 9 nitrogen and oxygen atoms in total. The van der Waals surface area contributed by atoms with Crippen LogP contribution in [0.3, 0.4) is 0 Å². The van der Waals surface area contributed by atoms with Crippen molar-refractivity contribution in [3.63, 3.8) is 0 Å². The monoisotopic (exact) mass is 504 g/mol. The van der Waals surface area contributed by atoms with Gasteiger partial charge in [-0.1, -0.05) is 11.6 Å². The largest absolute Gasteiger partial charge is 0.494 e. The molecule has 190 valence electrons. The third-order valence-electron chi connectivity index (χ3n) is 6.71. The van der Waals surface area contributed by atoms with Crippen LogP contribution in [-0.4, -0.2) is 73.3 Å². The Morgan fingerprint density at radius 2 is 1.74 bits per heavy atom.